The molecule has 1 aliphatic carbocycles. The normalized spacial score (nSPS) is 16.9. The summed E-state index contributed by atoms with van der Waals surface area (Å²) in [7, 11) is 4.49. The van der Waals surface area contributed by atoms with Crippen LogP contribution < -0.4 is 0 Å². The maximum absolute atomic E-state index is 4.64. The van der Waals surface area contributed by atoms with Crippen molar-refractivity contribution in [2.75, 3.05) is 33.7 Å². The van der Waals surface area contributed by atoms with E-state index in [1.54, 1.807) is 0 Å². The molecule has 0 amide bonds. The standard InChI is InChI=1S/C25H30N4/c1-28-13-11-19(12-14-28)17-29(2)16-18-7-9-20(10-8-18)24-23-15-21-5-3-4-6-22(21)25(23)27-26-24/h3-10,19H,11-17H2,1-2H3,(H,26,27). The van der Waals surface area contributed by atoms with Gasteiger partial charge in [-0.1, -0.05) is 48.5 Å². The van der Waals surface area contributed by atoms with Gasteiger partial charge in [-0.05, 0) is 57.1 Å². The fourth-order valence-corrected chi connectivity index (χ4v) is 4.94. The van der Waals surface area contributed by atoms with Crippen molar-refractivity contribution in [1.82, 2.24) is 20.0 Å². The highest BCUT2D eigenvalue weighted by Crippen LogP contribution is 2.39. The summed E-state index contributed by atoms with van der Waals surface area (Å²) in [6.07, 6.45) is 3.62. The number of likely N-dealkylation sites (tertiary alicyclic amines) is 1. The van der Waals surface area contributed by atoms with E-state index in [4.69, 9.17) is 0 Å². The number of piperidine rings is 1. The molecule has 2 heterocycles. The van der Waals surface area contributed by atoms with Gasteiger partial charge in [0.05, 0.1) is 11.4 Å². The maximum Gasteiger partial charge on any atom is 0.0962 e. The SMILES string of the molecule is CN1CCC(CN(C)Cc2ccc(-c3n[nH]c4c3Cc3ccccc3-4)cc2)CC1. The van der Waals surface area contributed by atoms with Crippen molar-refractivity contribution in [2.45, 2.75) is 25.8 Å². The maximum atomic E-state index is 4.64. The summed E-state index contributed by atoms with van der Waals surface area (Å²) in [5.41, 5.74) is 8.90. The summed E-state index contributed by atoms with van der Waals surface area (Å²) >= 11 is 0. The number of aromatic amines is 1. The smallest absolute Gasteiger partial charge is 0.0962 e. The first-order valence-corrected chi connectivity index (χ1v) is 10.8. The molecule has 1 aliphatic heterocycles. The van der Waals surface area contributed by atoms with Crippen molar-refractivity contribution in [3.63, 3.8) is 0 Å². The molecule has 2 aromatic carbocycles. The summed E-state index contributed by atoms with van der Waals surface area (Å²) in [6, 6.07) is 17.6. The lowest BCUT2D eigenvalue weighted by Gasteiger charge is -2.31. The second-order valence-electron chi connectivity index (χ2n) is 8.90. The summed E-state index contributed by atoms with van der Waals surface area (Å²) < 4.78 is 0. The second-order valence-corrected chi connectivity index (χ2v) is 8.90. The van der Waals surface area contributed by atoms with Crippen LogP contribution >= 0.6 is 0 Å². The molecule has 0 radical (unpaired) electrons. The molecule has 0 atom stereocenters. The van der Waals surface area contributed by atoms with Gasteiger partial charge >= 0.3 is 0 Å². The van der Waals surface area contributed by atoms with Gasteiger partial charge in [-0.3, -0.25) is 5.10 Å². The Balaban J connectivity index is 1.25. The molecule has 0 unspecified atom stereocenters. The largest absolute Gasteiger partial charge is 0.306 e. The van der Waals surface area contributed by atoms with Crippen LogP contribution in [0.3, 0.4) is 0 Å². The molecule has 150 valence electrons. The van der Waals surface area contributed by atoms with E-state index < -0.39 is 0 Å². The third-order valence-corrected chi connectivity index (χ3v) is 6.61. The van der Waals surface area contributed by atoms with Crippen molar-refractivity contribution in [3.8, 4) is 22.5 Å². The molecule has 0 spiro atoms. The Morgan fingerprint density at radius 2 is 1.83 bits per heavy atom. The molecule has 1 aromatic heterocycles. The first-order valence-electron chi connectivity index (χ1n) is 10.8. The summed E-state index contributed by atoms with van der Waals surface area (Å²) in [6.45, 7) is 4.69. The number of hydrogen-bond acceptors (Lipinski definition) is 3. The van der Waals surface area contributed by atoms with Crippen LogP contribution in [0.5, 0.6) is 0 Å². The van der Waals surface area contributed by atoms with Crippen molar-refractivity contribution in [3.05, 3.63) is 65.2 Å². The average Bonchev–Trinajstić information content (AvgIpc) is 3.30. The van der Waals surface area contributed by atoms with Gasteiger partial charge in [-0.2, -0.15) is 5.10 Å². The molecule has 4 nitrogen and oxygen atoms in total. The van der Waals surface area contributed by atoms with Crippen LogP contribution in [0, 0.1) is 5.92 Å². The number of aromatic nitrogens is 2. The number of nitrogens with one attached hydrogen (secondary N) is 1. The molecule has 29 heavy (non-hydrogen) atoms. The van der Waals surface area contributed by atoms with Crippen molar-refractivity contribution < 1.29 is 0 Å². The monoisotopic (exact) mass is 386 g/mol. The molecular formula is C25H30N4. The number of fused-ring (bicyclic) bond motifs is 3. The number of H-pyrrole nitrogens is 1. The Hall–Kier alpha value is -2.43. The molecule has 3 aromatic rings. The van der Waals surface area contributed by atoms with Crippen molar-refractivity contribution in [1.29, 1.82) is 0 Å². The van der Waals surface area contributed by atoms with Crippen LogP contribution in [0.2, 0.25) is 0 Å². The minimum absolute atomic E-state index is 0.837. The third-order valence-electron chi connectivity index (χ3n) is 6.61. The highest BCUT2D eigenvalue weighted by Gasteiger charge is 2.24. The van der Waals surface area contributed by atoms with E-state index in [1.165, 1.54) is 66.0 Å². The van der Waals surface area contributed by atoms with Gasteiger partial charge in [-0.25, -0.2) is 0 Å². The van der Waals surface area contributed by atoms with Gasteiger partial charge < -0.3 is 9.80 Å². The van der Waals surface area contributed by atoms with Gasteiger partial charge in [0.2, 0.25) is 0 Å². The van der Waals surface area contributed by atoms with E-state index in [9.17, 15) is 0 Å². The lowest BCUT2D eigenvalue weighted by Crippen LogP contribution is -2.35. The van der Waals surface area contributed by atoms with E-state index in [1.807, 2.05) is 0 Å². The topological polar surface area (TPSA) is 35.2 Å². The predicted octanol–water partition coefficient (Wildman–Crippen LogP) is 4.42. The Morgan fingerprint density at radius 3 is 2.62 bits per heavy atom. The van der Waals surface area contributed by atoms with Crippen LogP contribution in [0.15, 0.2) is 48.5 Å². The average molecular weight is 387 g/mol. The first kappa shape index (κ1) is 18.6. The fourth-order valence-electron chi connectivity index (χ4n) is 4.94. The van der Waals surface area contributed by atoms with Gasteiger partial charge in [-0.15, -0.1) is 0 Å². The summed E-state index contributed by atoms with van der Waals surface area (Å²) in [4.78, 5) is 4.92. The van der Waals surface area contributed by atoms with Gasteiger partial charge in [0.15, 0.2) is 0 Å². The zero-order valence-corrected chi connectivity index (χ0v) is 17.5. The molecule has 1 fully saturated rings. The van der Waals surface area contributed by atoms with E-state index in [-0.39, 0.29) is 0 Å². The van der Waals surface area contributed by atoms with Crippen LogP contribution in [0.25, 0.3) is 22.5 Å². The highest BCUT2D eigenvalue weighted by atomic mass is 15.1. The van der Waals surface area contributed by atoms with E-state index in [2.05, 4.69) is 82.6 Å². The van der Waals surface area contributed by atoms with Crippen LogP contribution in [0.4, 0.5) is 0 Å². The number of nitrogens with zero attached hydrogens (tertiary/aromatic N) is 3. The molecule has 1 N–H and O–H groups in total. The summed E-state index contributed by atoms with van der Waals surface area (Å²) in [5, 5.41) is 7.92. The lowest BCUT2D eigenvalue weighted by atomic mass is 9.96. The highest BCUT2D eigenvalue weighted by molar-refractivity contribution is 5.80. The Labute approximate surface area is 173 Å². The fraction of sp³-hybridized carbons (Fsp3) is 0.400. The lowest BCUT2D eigenvalue weighted by molar-refractivity contribution is 0.173. The number of benzene rings is 2. The minimum Gasteiger partial charge on any atom is -0.306 e. The Morgan fingerprint density at radius 1 is 1.07 bits per heavy atom. The van der Waals surface area contributed by atoms with Gasteiger partial charge in [0.25, 0.3) is 0 Å². The first-order chi connectivity index (χ1) is 14.2. The van der Waals surface area contributed by atoms with Crippen LogP contribution in [-0.4, -0.2) is 53.7 Å². The van der Waals surface area contributed by atoms with E-state index in [0.717, 1.165) is 24.6 Å². The van der Waals surface area contributed by atoms with E-state index in [0.29, 0.717) is 0 Å². The second kappa shape index (κ2) is 7.77. The Kier molecular flexibility index (Phi) is 4.98. The predicted molar refractivity (Wildman–Crippen MR) is 119 cm³/mol. The van der Waals surface area contributed by atoms with Crippen LogP contribution in [-0.2, 0) is 13.0 Å². The number of hydrogen-bond donors (Lipinski definition) is 1. The van der Waals surface area contributed by atoms with Crippen LogP contribution in [0.1, 0.15) is 29.5 Å². The Bertz CT molecular complexity index is 980. The molecule has 2 aliphatic rings. The number of rotatable bonds is 5. The van der Waals surface area contributed by atoms with Gasteiger partial charge in [0, 0.05) is 36.2 Å². The molecule has 5 rings (SSSR count). The molecular weight excluding hydrogens is 356 g/mol. The molecule has 1 saturated heterocycles. The minimum atomic E-state index is 0.837. The zero-order chi connectivity index (χ0) is 19.8. The molecule has 0 saturated carbocycles. The van der Waals surface area contributed by atoms with Crippen molar-refractivity contribution >= 4 is 0 Å². The van der Waals surface area contributed by atoms with Crippen molar-refractivity contribution in [2.24, 2.45) is 5.92 Å². The molecule has 4 heteroatoms. The third kappa shape index (κ3) is 3.75. The molecule has 0 bridgehead atoms. The van der Waals surface area contributed by atoms with E-state index >= 15 is 0 Å². The van der Waals surface area contributed by atoms with Gasteiger partial charge in [0.1, 0.15) is 0 Å². The quantitative estimate of drug-likeness (QED) is 0.551. The summed E-state index contributed by atoms with van der Waals surface area (Å²) in [5.74, 6) is 0.837. The zero-order valence-electron chi connectivity index (χ0n) is 17.5.